The molecule has 0 aromatic carbocycles. The zero-order valence-corrected chi connectivity index (χ0v) is 9.74. The molecule has 4 heteroatoms. The highest BCUT2D eigenvalue weighted by Crippen LogP contribution is 2.14. The standard InChI is InChI=1S/C11H22N2O2/c1-9(2)10(8-12)11(14)13-4-3-6-15-7-5-13/h9-10H,3-8,12H2,1-2H3. The summed E-state index contributed by atoms with van der Waals surface area (Å²) in [5.41, 5.74) is 5.64. The van der Waals surface area contributed by atoms with Crippen LogP contribution in [0.1, 0.15) is 20.3 Å². The van der Waals surface area contributed by atoms with Crippen molar-refractivity contribution in [2.75, 3.05) is 32.8 Å². The molecule has 0 aliphatic carbocycles. The summed E-state index contributed by atoms with van der Waals surface area (Å²) >= 11 is 0. The Kier molecular flexibility index (Phi) is 5.05. The van der Waals surface area contributed by atoms with Crippen LogP contribution in [0.15, 0.2) is 0 Å². The number of nitrogens with zero attached hydrogens (tertiary/aromatic N) is 1. The minimum Gasteiger partial charge on any atom is -0.380 e. The molecular weight excluding hydrogens is 192 g/mol. The highest BCUT2D eigenvalue weighted by molar-refractivity contribution is 5.79. The Morgan fingerprint density at radius 2 is 2.13 bits per heavy atom. The Labute approximate surface area is 91.8 Å². The molecule has 1 amide bonds. The molecule has 1 fully saturated rings. The largest absolute Gasteiger partial charge is 0.380 e. The van der Waals surface area contributed by atoms with E-state index < -0.39 is 0 Å². The van der Waals surface area contributed by atoms with E-state index in [0.29, 0.717) is 25.6 Å². The van der Waals surface area contributed by atoms with Gasteiger partial charge in [-0.3, -0.25) is 4.79 Å². The Morgan fingerprint density at radius 3 is 2.73 bits per heavy atom. The van der Waals surface area contributed by atoms with E-state index >= 15 is 0 Å². The molecule has 0 aromatic rings. The maximum Gasteiger partial charge on any atom is 0.227 e. The van der Waals surface area contributed by atoms with Crippen molar-refractivity contribution in [3.8, 4) is 0 Å². The first-order valence-corrected chi connectivity index (χ1v) is 5.73. The lowest BCUT2D eigenvalue weighted by atomic mass is 9.94. The summed E-state index contributed by atoms with van der Waals surface area (Å²) in [6.07, 6.45) is 0.932. The molecule has 0 saturated carbocycles. The van der Waals surface area contributed by atoms with Crippen LogP contribution in [-0.4, -0.2) is 43.7 Å². The second-order valence-corrected chi connectivity index (χ2v) is 4.38. The predicted octanol–water partition coefficient (Wildman–Crippen LogP) is 0.466. The molecule has 1 atom stereocenters. The minimum atomic E-state index is -0.0388. The molecule has 88 valence electrons. The van der Waals surface area contributed by atoms with Gasteiger partial charge in [0.2, 0.25) is 5.91 Å². The lowest BCUT2D eigenvalue weighted by molar-refractivity contribution is -0.136. The van der Waals surface area contributed by atoms with E-state index in [0.717, 1.165) is 19.6 Å². The third-order valence-electron chi connectivity index (χ3n) is 2.91. The van der Waals surface area contributed by atoms with Crippen LogP contribution in [0.5, 0.6) is 0 Å². The molecule has 15 heavy (non-hydrogen) atoms. The summed E-state index contributed by atoms with van der Waals surface area (Å²) in [5, 5.41) is 0. The molecule has 0 radical (unpaired) electrons. The number of ether oxygens (including phenoxy) is 1. The molecule has 0 spiro atoms. The topological polar surface area (TPSA) is 55.6 Å². The normalized spacial score (nSPS) is 20.1. The molecule has 1 rings (SSSR count). The van der Waals surface area contributed by atoms with E-state index in [1.807, 2.05) is 18.7 Å². The van der Waals surface area contributed by atoms with Gasteiger partial charge >= 0.3 is 0 Å². The summed E-state index contributed by atoms with van der Waals surface area (Å²) in [6, 6.07) is 0. The van der Waals surface area contributed by atoms with Crippen molar-refractivity contribution >= 4 is 5.91 Å². The average Bonchev–Trinajstić information content (AvgIpc) is 2.45. The maximum atomic E-state index is 12.1. The molecule has 0 aromatic heterocycles. The fourth-order valence-electron chi connectivity index (χ4n) is 1.86. The molecule has 1 unspecified atom stereocenters. The van der Waals surface area contributed by atoms with Crippen molar-refractivity contribution in [2.45, 2.75) is 20.3 Å². The first-order chi connectivity index (χ1) is 7.16. The maximum absolute atomic E-state index is 12.1. The fraction of sp³-hybridized carbons (Fsp3) is 0.909. The molecule has 2 N–H and O–H groups in total. The Bertz CT molecular complexity index is 199. The van der Waals surface area contributed by atoms with Crippen LogP contribution in [0, 0.1) is 11.8 Å². The number of amides is 1. The third-order valence-corrected chi connectivity index (χ3v) is 2.91. The van der Waals surface area contributed by atoms with E-state index in [2.05, 4.69) is 0 Å². The Hall–Kier alpha value is -0.610. The van der Waals surface area contributed by atoms with Gasteiger partial charge in [-0.2, -0.15) is 0 Å². The molecule has 1 aliphatic heterocycles. The van der Waals surface area contributed by atoms with Crippen LogP contribution in [0.25, 0.3) is 0 Å². The van der Waals surface area contributed by atoms with Crippen molar-refractivity contribution in [3.63, 3.8) is 0 Å². The number of carbonyl (C=O) groups excluding carboxylic acids is 1. The Balaban J connectivity index is 2.55. The summed E-state index contributed by atoms with van der Waals surface area (Å²) in [5.74, 6) is 0.466. The number of rotatable bonds is 3. The van der Waals surface area contributed by atoms with Crippen molar-refractivity contribution in [3.05, 3.63) is 0 Å². The lowest BCUT2D eigenvalue weighted by Gasteiger charge is -2.26. The second-order valence-electron chi connectivity index (χ2n) is 4.38. The number of carbonyl (C=O) groups is 1. The smallest absolute Gasteiger partial charge is 0.227 e. The first-order valence-electron chi connectivity index (χ1n) is 5.73. The molecule has 1 saturated heterocycles. The van der Waals surface area contributed by atoms with Gasteiger partial charge in [-0.25, -0.2) is 0 Å². The van der Waals surface area contributed by atoms with Crippen LogP contribution in [0.2, 0.25) is 0 Å². The van der Waals surface area contributed by atoms with Crippen LogP contribution in [0.3, 0.4) is 0 Å². The van der Waals surface area contributed by atoms with E-state index in [1.54, 1.807) is 0 Å². The number of hydrogen-bond donors (Lipinski definition) is 1. The first kappa shape index (κ1) is 12.5. The number of nitrogens with two attached hydrogens (primary N) is 1. The fourth-order valence-corrected chi connectivity index (χ4v) is 1.86. The monoisotopic (exact) mass is 214 g/mol. The van der Waals surface area contributed by atoms with Crippen molar-refractivity contribution in [1.82, 2.24) is 4.90 Å². The summed E-state index contributed by atoms with van der Waals surface area (Å²) in [7, 11) is 0. The third kappa shape index (κ3) is 3.47. The SMILES string of the molecule is CC(C)C(CN)C(=O)N1CCCOCC1. The molecule has 1 aliphatic rings. The molecule has 1 heterocycles. The van der Waals surface area contributed by atoms with Gasteiger partial charge < -0.3 is 15.4 Å². The van der Waals surface area contributed by atoms with E-state index in [1.165, 1.54) is 0 Å². The predicted molar refractivity (Wildman–Crippen MR) is 59.4 cm³/mol. The molecule has 0 bridgehead atoms. The van der Waals surface area contributed by atoms with E-state index in [4.69, 9.17) is 10.5 Å². The molecular formula is C11H22N2O2. The zero-order chi connectivity index (χ0) is 11.3. The average molecular weight is 214 g/mol. The van der Waals surface area contributed by atoms with Crippen LogP contribution < -0.4 is 5.73 Å². The van der Waals surface area contributed by atoms with Crippen LogP contribution in [-0.2, 0) is 9.53 Å². The summed E-state index contributed by atoms with van der Waals surface area (Å²) < 4.78 is 5.32. The van der Waals surface area contributed by atoms with Gasteiger partial charge in [-0.15, -0.1) is 0 Å². The van der Waals surface area contributed by atoms with Gasteiger partial charge in [0.05, 0.1) is 12.5 Å². The highest BCUT2D eigenvalue weighted by atomic mass is 16.5. The van der Waals surface area contributed by atoms with Gasteiger partial charge in [-0.05, 0) is 12.3 Å². The minimum absolute atomic E-state index is 0.0388. The van der Waals surface area contributed by atoms with Crippen molar-refractivity contribution < 1.29 is 9.53 Å². The quantitative estimate of drug-likeness (QED) is 0.743. The highest BCUT2D eigenvalue weighted by Gasteiger charge is 2.26. The van der Waals surface area contributed by atoms with Crippen LogP contribution in [0.4, 0.5) is 0 Å². The summed E-state index contributed by atoms with van der Waals surface area (Å²) in [6.45, 7) is 7.46. The van der Waals surface area contributed by atoms with Gasteiger partial charge in [0.15, 0.2) is 0 Å². The number of hydrogen-bond acceptors (Lipinski definition) is 3. The van der Waals surface area contributed by atoms with Crippen molar-refractivity contribution in [2.24, 2.45) is 17.6 Å². The van der Waals surface area contributed by atoms with E-state index in [9.17, 15) is 4.79 Å². The lowest BCUT2D eigenvalue weighted by Crippen LogP contribution is -2.42. The zero-order valence-electron chi connectivity index (χ0n) is 9.74. The van der Waals surface area contributed by atoms with E-state index in [-0.39, 0.29) is 11.8 Å². The van der Waals surface area contributed by atoms with Gasteiger partial charge in [0.25, 0.3) is 0 Å². The van der Waals surface area contributed by atoms with Gasteiger partial charge in [0.1, 0.15) is 0 Å². The van der Waals surface area contributed by atoms with Crippen LogP contribution >= 0.6 is 0 Å². The van der Waals surface area contributed by atoms with Gasteiger partial charge in [-0.1, -0.05) is 13.8 Å². The summed E-state index contributed by atoms with van der Waals surface area (Å²) in [4.78, 5) is 14.0. The van der Waals surface area contributed by atoms with Gasteiger partial charge in [0, 0.05) is 26.2 Å². The van der Waals surface area contributed by atoms with Crippen molar-refractivity contribution in [1.29, 1.82) is 0 Å². The molecule has 4 nitrogen and oxygen atoms in total. The second kappa shape index (κ2) is 6.08. The Morgan fingerprint density at radius 1 is 1.40 bits per heavy atom.